The van der Waals surface area contributed by atoms with Crippen molar-refractivity contribution in [1.82, 2.24) is 14.1 Å². The normalized spacial score (nSPS) is 13.1. The standard InChI is InChI=1S/C17H14F3N3O3/c1-22-14-11(7-8-13(21-14)17(18,19)20)15(25)23(16(22)26)9-12(24)10-5-3-2-4-6-10/h2-8,12,24H,9H2,1H3. The van der Waals surface area contributed by atoms with Crippen LogP contribution in [0.15, 0.2) is 52.1 Å². The summed E-state index contributed by atoms with van der Waals surface area (Å²) in [4.78, 5) is 28.4. The lowest BCUT2D eigenvalue weighted by molar-refractivity contribution is -0.141. The van der Waals surface area contributed by atoms with E-state index in [2.05, 4.69) is 4.98 Å². The van der Waals surface area contributed by atoms with E-state index >= 15 is 0 Å². The molecule has 0 aliphatic carbocycles. The molecule has 0 fully saturated rings. The lowest BCUT2D eigenvalue weighted by Gasteiger charge is -2.15. The summed E-state index contributed by atoms with van der Waals surface area (Å²) in [6.07, 6.45) is -5.82. The topological polar surface area (TPSA) is 77.1 Å². The van der Waals surface area contributed by atoms with Gasteiger partial charge in [-0.3, -0.25) is 13.9 Å². The van der Waals surface area contributed by atoms with Crippen molar-refractivity contribution in [2.45, 2.75) is 18.8 Å². The maximum Gasteiger partial charge on any atom is 0.433 e. The van der Waals surface area contributed by atoms with Crippen molar-refractivity contribution < 1.29 is 18.3 Å². The van der Waals surface area contributed by atoms with Crippen molar-refractivity contribution in [1.29, 1.82) is 0 Å². The van der Waals surface area contributed by atoms with Crippen molar-refractivity contribution in [3.63, 3.8) is 0 Å². The SMILES string of the molecule is Cn1c(=O)n(CC(O)c2ccccc2)c(=O)c2ccc(C(F)(F)F)nc21. The van der Waals surface area contributed by atoms with Crippen LogP contribution in [0.1, 0.15) is 17.4 Å². The van der Waals surface area contributed by atoms with E-state index in [9.17, 15) is 27.9 Å². The molecule has 2 aromatic heterocycles. The lowest BCUT2D eigenvalue weighted by atomic mass is 10.1. The number of hydrogen-bond donors (Lipinski definition) is 1. The number of alkyl halides is 3. The van der Waals surface area contributed by atoms with Crippen molar-refractivity contribution in [2.75, 3.05) is 0 Å². The predicted octanol–water partition coefficient (Wildman–Crippen LogP) is 1.85. The average Bonchev–Trinajstić information content (AvgIpc) is 2.62. The highest BCUT2D eigenvalue weighted by Crippen LogP contribution is 2.28. The van der Waals surface area contributed by atoms with Gasteiger partial charge in [0.05, 0.1) is 18.0 Å². The summed E-state index contributed by atoms with van der Waals surface area (Å²) < 4.78 is 40.1. The Balaban J connectivity index is 2.14. The van der Waals surface area contributed by atoms with Crippen LogP contribution in [0, 0.1) is 0 Å². The molecule has 0 spiro atoms. The minimum absolute atomic E-state index is 0.139. The highest BCUT2D eigenvalue weighted by molar-refractivity contribution is 5.74. The first-order valence-electron chi connectivity index (χ1n) is 7.61. The van der Waals surface area contributed by atoms with Gasteiger partial charge in [-0.25, -0.2) is 9.78 Å². The number of nitrogens with zero attached hydrogens (tertiary/aromatic N) is 3. The van der Waals surface area contributed by atoms with E-state index in [1.54, 1.807) is 30.3 Å². The third kappa shape index (κ3) is 3.13. The number of rotatable bonds is 3. The molecule has 0 aliphatic rings. The van der Waals surface area contributed by atoms with Gasteiger partial charge in [0.15, 0.2) is 0 Å². The molecule has 136 valence electrons. The van der Waals surface area contributed by atoms with Gasteiger partial charge in [-0.2, -0.15) is 13.2 Å². The van der Waals surface area contributed by atoms with E-state index in [0.717, 1.165) is 15.2 Å². The van der Waals surface area contributed by atoms with Gasteiger partial charge in [-0.05, 0) is 17.7 Å². The molecule has 0 aliphatic heterocycles. The Morgan fingerprint density at radius 2 is 1.77 bits per heavy atom. The van der Waals surface area contributed by atoms with E-state index in [4.69, 9.17) is 0 Å². The Morgan fingerprint density at radius 1 is 1.12 bits per heavy atom. The monoisotopic (exact) mass is 365 g/mol. The van der Waals surface area contributed by atoms with Gasteiger partial charge in [0.1, 0.15) is 11.3 Å². The summed E-state index contributed by atoms with van der Waals surface area (Å²) in [6.45, 7) is -0.327. The molecule has 0 amide bonds. The maximum atomic E-state index is 12.8. The number of pyridine rings is 1. The summed E-state index contributed by atoms with van der Waals surface area (Å²) in [6, 6.07) is 10.1. The first-order chi connectivity index (χ1) is 12.2. The first kappa shape index (κ1) is 17.9. The Hall–Kier alpha value is -2.94. The van der Waals surface area contributed by atoms with E-state index < -0.39 is 29.2 Å². The van der Waals surface area contributed by atoms with Gasteiger partial charge in [-0.15, -0.1) is 0 Å². The van der Waals surface area contributed by atoms with E-state index in [1.807, 2.05) is 0 Å². The molecule has 0 saturated heterocycles. The van der Waals surface area contributed by atoms with Crippen LogP contribution < -0.4 is 11.2 Å². The summed E-state index contributed by atoms with van der Waals surface area (Å²) in [7, 11) is 1.22. The van der Waals surface area contributed by atoms with E-state index in [1.165, 1.54) is 7.05 Å². The molecule has 3 aromatic rings. The van der Waals surface area contributed by atoms with Crippen LogP contribution in [0.4, 0.5) is 13.2 Å². The fourth-order valence-corrected chi connectivity index (χ4v) is 2.65. The summed E-state index contributed by atoms with van der Waals surface area (Å²) >= 11 is 0. The van der Waals surface area contributed by atoms with Gasteiger partial charge in [0, 0.05) is 7.05 Å². The van der Waals surface area contributed by atoms with E-state index in [-0.39, 0.29) is 17.6 Å². The van der Waals surface area contributed by atoms with Gasteiger partial charge >= 0.3 is 11.9 Å². The van der Waals surface area contributed by atoms with Gasteiger partial charge < -0.3 is 5.11 Å². The average molecular weight is 365 g/mol. The summed E-state index contributed by atoms with van der Waals surface area (Å²) in [5.41, 5.74) is -2.71. The molecule has 0 saturated carbocycles. The van der Waals surface area contributed by atoms with Gasteiger partial charge in [0.2, 0.25) is 0 Å². The van der Waals surface area contributed by atoms with Crippen molar-refractivity contribution in [3.8, 4) is 0 Å². The van der Waals surface area contributed by atoms with Crippen LogP contribution in [0.25, 0.3) is 11.0 Å². The summed E-state index contributed by atoms with van der Waals surface area (Å²) in [5, 5.41) is 10.1. The quantitative estimate of drug-likeness (QED) is 0.769. The Morgan fingerprint density at radius 3 is 2.38 bits per heavy atom. The Bertz CT molecular complexity index is 1070. The van der Waals surface area contributed by atoms with Crippen LogP contribution >= 0.6 is 0 Å². The van der Waals surface area contributed by atoms with Crippen LogP contribution in [0.2, 0.25) is 0 Å². The second kappa shape index (κ2) is 6.41. The number of fused-ring (bicyclic) bond motifs is 1. The molecule has 1 unspecified atom stereocenters. The molecule has 0 radical (unpaired) electrons. The number of aliphatic hydroxyl groups is 1. The summed E-state index contributed by atoms with van der Waals surface area (Å²) in [5.74, 6) is 0. The van der Waals surface area contributed by atoms with Gasteiger partial charge in [-0.1, -0.05) is 30.3 Å². The molecular formula is C17H14F3N3O3. The largest absolute Gasteiger partial charge is 0.433 e. The Labute approximate surface area is 144 Å². The highest BCUT2D eigenvalue weighted by atomic mass is 19.4. The zero-order chi connectivity index (χ0) is 19.1. The maximum absolute atomic E-state index is 12.8. The zero-order valence-electron chi connectivity index (χ0n) is 13.6. The molecule has 26 heavy (non-hydrogen) atoms. The number of hydrogen-bond acceptors (Lipinski definition) is 4. The van der Waals surface area contributed by atoms with Crippen molar-refractivity contribution in [3.05, 3.63) is 74.6 Å². The molecule has 0 bridgehead atoms. The molecule has 1 N–H and O–H groups in total. The zero-order valence-corrected chi connectivity index (χ0v) is 13.6. The van der Waals surface area contributed by atoms with Gasteiger partial charge in [0.25, 0.3) is 5.56 Å². The van der Waals surface area contributed by atoms with Crippen LogP contribution in [-0.2, 0) is 19.8 Å². The first-order valence-corrected chi connectivity index (χ1v) is 7.61. The van der Waals surface area contributed by atoms with Crippen molar-refractivity contribution in [2.24, 2.45) is 7.05 Å². The van der Waals surface area contributed by atoms with Crippen molar-refractivity contribution >= 4 is 11.0 Å². The molecule has 1 aromatic carbocycles. The highest BCUT2D eigenvalue weighted by Gasteiger charge is 2.33. The molecule has 6 nitrogen and oxygen atoms in total. The lowest BCUT2D eigenvalue weighted by Crippen LogP contribution is -2.40. The molecular weight excluding hydrogens is 351 g/mol. The van der Waals surface area contributed by atoms with Crippen LogP contribution in [0.3, 0.4) is 0 Å². The minimum atomic E-state index is -4.69. The third-order valence-corrected chi connectivity index (χ3v) is 4.02. The molecule has 9 heteroatoms. The second-order valence-electron chi connectivity index (χ2n) is 5.75. The number of benzene rings is 1. The fraction of sp³-hybridized carbons (Fsp3) is 0.235. The number of aromatic nitrogens is 3. The smallest absolute Gasteiger partial charge is 0.387 e. The number of aryl methyl sites for hydroxylation is 1. The predicted molar refractivity (Wildman–Crippen MR) is 87.6 cm³/mol. The second-order valence-corrected chi connectivity index (χ2v) is 5.75. The number of aliphatic hydroxyl groups excluding tert-OH is 1. The fourth-order valence-electron chi connectivity index (χ4n) is 2.65. The molecule has 1 atom stereocenters. The molecule has 2 heterocycles. The molecule has 3 rings (SSSR count). The van der Waals surface area contributed by atoms with Crippen LogP contribution in [-0.4, -0.2) is 19.2 Å². The number of halogens is 3. The Kier molecular flexibility index (Phi) is 4.41. The van der Waals surface area contributed by atoms with E-state index in [0.29, 0.717) is 11.6 Å². The third-order valence-electron chi connectivity index (χ3n) is 4.02. The minimum Gasteiger partial charge on any atom is -0.387 e. The van der Waals surface area contributed by atoms with Crippen LogP contribution in [0.5, 0.6) is 0 Å².